The number of benzene rings is 2. The number of nitrogens with one attached hydrogen (secondary N) is 2. The average Bonchev–Trinajstić information content (AvgIpc) is 3.06. The Bertz CT molecular complexity index is 1350. The monoisotopic (exact) mass is 641 g/mol. The molecule has 0 radical (unpaired) electrons. The van der Waals surface area contributed by atoms with Crippen LogP contribution < -0.4 is 10.6 Å². The van der Waals surface area contributed by atoms with Crippen LogP contribution in [0, 0.1) is 11.8 Å². The third-order valence-electron chi connectivity index (χ3n) is 9.85. The van der Waals surface area contributed by atoms with E-state index in [1.165, 1.54) is 12.8 Å². The number of carbonyl (C=O) groups is 3. The first-order chi connectivity index (χ1) is 21.4. The van der Waals surface area contributed by atoms with Crippen LogP contribution in [0.5, 0.6) is 0 Å². The van der Waals surface area contributed by atoms with Gasteiger partial charge in [-0.25, -0.2) is 9.59 Å². The largest absolute Gasteiger partial charge is 0.436 e. The van der Waals surface area contributed by atoms with E-state index >= 15 is 0 Å². The van der Waals surface area contributed by atoms with Gasteiger partial charge in [0.2, 0.25) is 0 Å². The number of hydrogen-bond donors (Lipinski definition) is 2. The molecule has 236 valence electrons. The minimum absolute atomic E-state index is 0.0160. The first-order valence-corrected chi connectivity index (χ1v) is 16.7. The summed E-state index contributed by atoms with van der Waals surface area (Å²) in [5.41, 5.74) is 2.71. The molecule has 0 unspecified atom stereocenters. The molecule has 4 aliphatic heterocycles. The molecule has 2 aromatic carbocycles. The molecule has 11 heteroatoms. The Morgan fingerprint density at radius 2 is 1.55 bits per heavy atom. The summed E-state index contributed by atoms with van der Waals surface area (Å²) >= 11 is 12.4. The van der Waals surface area contributed by atoms with Crippen LogP contribution in [0.4, 0.5) is 15.3 Å². The van der Waals surface area contributed by atoms with Crippen LogP contribution in [-0.4, -0.2) is 84.1 Å². The molecular weight excluding hydrogens is 601 g/mol. The fraction of sp³-hybridized carbons (Fsp3) is 0.545. The summed E-state index contributed by atoms with van der Waals surface area (Å²) in [4.78, 5) is 45.5. The predicted molar refractivity (Wildman–Crippen MR) is 171 cm³/mol. The van der Waals surface area contributed by atoms with Gasteiger partial charge in [0.25, 0.3) is 5.91 Å². The van der Waals surface area contributed by atoms with Gasteiger partial charge >= 0.3 is 12.1 Å². The molecule has 4 heterocycles. The first-order valence-electron chi connectivity index (χ1n) is 15.9. The number of para-hydroxylation sites is 1. The van der Waals surface area contributed by atoms with Crippen LogP contribution in [-0.2, 0) is 22.5 Å². The van der Waals surface area contributed by atoms with Crippen molar-refractivity contribution in [2.75, 3.05) is 44.6 Å². The van der Waals surface area contributed by atoms with Crippen molar-refractivity contribution in [2.45, 2.75) is 63.6 Å². The lowest BCUT2D eigenvalue weighted by Gasteiger charge is -2.41. The zero-order chi connectivity index (χ0) is 30.6. The number of likely N-dealkylation sites (tertiary alicyclic amines) is 2. The van der Waals surface area contributed by atoms with E-state index in [4.69, 9.17) is 27.9 Å². The summed E-state index contributed by atoms with van der Waals surface area (Å²) in [5, 5.41) is 7.26. The molecule has 2 N–H and O–H groups in total. The molecule has 4 aliphatic rings. The number of nitrogens with zero attached hydrogens (tertiary/aromatic N) is 3. The van der Waals surface area contributed by atoms with Crippen molar-refractivity contribution < 1.29 is 19.1 Å². The number of anilines is 1. The highest BCUT2D eigenvalue weighted by Gasteiger charge is 2.37. The van der Waals surface area contributed by atoms with Crippen LogP contribution in [0.15, 0.2) is 42.5 Å². The van der Waals surface area contributed by atoms with E-state index in [2.05, 4.69) is 10.6 Å². The fourth-order valence-corrected chi connectivity index (χ4v) is 7.57. The van der Waals surface area contributed by atoms with Gasteiger partial charge in [-0.1, -0.05) is 47.5 Å². The fourth-order valence-electron chi connectivity index (χ4n) is 7.24. The maximum Gasteiger partial charge on any atom is 0.410 e. The van der Waals surface area contributed by atoms with Crippen LogP contribution in [0.25, 0.3) is 0 Å². The maximum atomic E-state index is 13.9. The van der Waals surface area contributed by atoms with Crippen molar-refractivity contribution in [3.63, 3.8) is 0 Å². The Labute approximate surface area is 269 Å². The number of carbonyl (C=O) groups excluding carboxylic acids is 3. The van der Waals surface area contributed by atoms with E-state index < -0.39 is 12.2 Å². The second kappa shape index (κ2) is 14.0. The van der Waals surface area contributed by atoms with Gasteiger partial charge in [0.05, 0.1) is 10.0 Å². The second-order valence-corrected chi connectivity index (χ2v) is 13.3. The van der Waals surface area contributed by atoms with Gasteiger partial charge in [-0.15, -0.1) is 0 Å². The molecule has 3 fully saturated rings. The zero-order valence-electron chi connectivity index (χ0n) is 25.0. The van der Waals surface area contributed by atoms with E-state index in [1.54, 1.807) is 17.0 Å². The number of halogens is 2. The Hall–Kier alpha value is -3.01. The predicted octanol–water partition coefficient (Wildman–Crippen LogP) is 5.79. The molecule has 9 nitrogen and oxygen atoms in total. The quantitative estimate of drug-likeness (QED) is 0.416. The van der Waals surface area contributed by atoms with Gasteiger partial charge in [-0.3, -0.25) is 4.79 Å². The third kappa shape index (κ3) is 7.11. The van der Waals surface area contributed by atoms with Crippen molar-refractivity contribution in [3.05, 3.63) is 63.6 Å². The molecule has 6 rings (SSSR count). The van der Waals surface area contributed by atoms with Crippen LogP contribution >= 0.6 is 23.2 Å². The average molecular weight is 643 g/mol. The molecule has 0 aliphatic carbocycles. The Morgan fingerprint density at radius 1 is 0.864 bits per heavy atom. The lowest BCUT2D eigenvalue weighted by molar-refractivity contribution is -0.142. The van der Waals surface area contributed by atoms with Gasteiger partial charge in [-0.2, -0.15) is 0 Å². The Balaban J connectivity index is 1.08. The highest BCUT2D eigenvalue weighted by molar-refractivity contribution is 6.42. The lowest BCUT2D eigenvalue weighted by Crippen LogP contribution is -2.52. The summed E-state index contributed by atoms with van der Waals surface area (Å²) in [7, 11) is 0. The van der Waals surface area contributed by atoms with Gasteiger partial charge < -0.3 is 30.1 Å². The molecular formula is C33H41Cl2N5O4. The number of hydrogen-bond acceptors (Lipinski definition) is 5. The summed E-state index contributed by atoms with van der Waals surface area (Å²) in [6, 6.07) is 13.0. The molecule has 0 saturated carbocycles. The van der Waals surface area contributed by atoms with E-state index in [9.17, 15) is 14.4 Å². The molecule has 3 saturated heterocycles. The molecule has 1 atom stereocenters. The summed E-state index contributed by atoms with van der Waals surface area (Å²) in [5.74, 6) is 1.19. The van der Waals surface area contributed by atoms with Crippen LogP contribution in [0.1, 0.15) is 49.7 Å². The minimum atomic E-state index is -0.961. The molecule has 2 aromatic rings. The number of amides is 4. The molecule has 44 heavy (non-hydrogen) atoms. The Kier molecular flexibility index (Phi) is 9.83. The van der Waals surface area contributed by atoms with E-state index in [0.29, 0.717) is 67.4 Å². The van der Waals surface area contributed by atoms with E-state index in [-0.39, 0.29) is 24.4 Å². The zero-order valence-corrected chi connectivity index (χ0v) is 26.5. The molecule has 0 bridgehead atoms. The van der Waals surface area contributed by atoms with Crippen molar-refractivity contribution in [2.24, 2.45) is 11.8 Å². The van der Waals surface area contributed by atoms with Gasteiger partial charge in [0, 0.05) is 50.9 Å². The summed E-state index contributed by atoms with van der Waals surface area (Å²) < 4.78 is 5.99. The highest BCUT2D eigenvalue weighted by Crippen LogP contribution is 2.32. The minimum Gasteiger partial charge on any atom is -0.436 e. The van der Waals surface area contributed by atoms with Crippen molar-refractivity contribution in [1.82, 2.24) is 20.0 Å². The Morgan fingerprint density at radius 3 is 2.27 bits per heavy atom. The smallest absolute Gasteiger partial charge is 0.410 e. The van der Waals surface area contributed by atoms with Crippen molar-refractivity contribution >= 4 is 46.9 Å². The van der Waals surface area contributed by atoms with E-state index in [1.807, 2.05) is 40.1 Å². The van der Waals surface area contributed by atoms with Gasteiger partial charge in [-0.05, 0) is 92.8 Å². The first kappa shape index (κ1) is 31.0. The third-order valence-corrected chi connectivity index (χ3v) is 10.6. The number of rotatable bonds is 6. The number of urea groups is 1. The summed E-state index contributed by atoms with van der Waals surface area (Å²) in [6.07, 6.45) is 4.39. The van der Waals surface area contributed by atoms with Crippen molar-refractivity contribution in [1.29, 1.82) is 0 Å². The van der Waals surface area contributed by atoms with Gasteiger partial charge in [0.1, 0.15) is 0 Å². The SMILES string of the molecule is O=C(O[C@H](Cc1ccc(Cl)c(Cl)c1)C(=O)N1CCC(C2CCNCC2)CC1)N1CCC(N2Cc3ccccc3NC2=O)CC1. The molecule has 4 amide bonds. The number of piperidine rings is 3. The summed E-state index contributed by atoms with van der Waals surface area (Å²) in [6.45, 7) is 4.94. The normalized spacial score (nSPS) is 21.0. The second-order valence-electron chi connectivity index (χ2n) is 12.5. The number of fused-ring (bicyclic) bond motifs is 1. The lowest BCUT2D eigenvalue weighted by atomic mass is 9.79. The maximum absolute atomic E-state index is 13.9. The standard InChI is InChI=1S/C33H41Cl2N5O4/c34-27-6-5-22(19-28(27)35)20-30(31(41)38-15-9-24(10-16-38)23-7-13-36-14-8-23)44-33(43)39-17-11-26(12-18-39)40-21-25-3-1-2-4-29(25)37-32(40)42/h1-6,19,23-24,26,30,36H,7-18,20-21H2,(H,37,42)/t30-/m1/s1. The topological polar surface area (TPSA) is 94.2 Å². The van der Waals surface area contributed by atoms with Gasteiger partial charge in [0.15, 0.2) is 6.10 Å². The number of ether oxygens (including phenoxy) is 1. The molecule has 0 spiro atoms. The van der Waals surface area contributed by atoms with E-state index in [0.717, 1.165) is 42.7 Å². The van der Waals surface area contributed by atoms with Crippen LogP contribution in [0.3, 0.4) is 0 Å². The van der Waals surface area contributed by atoms with Crippen LogP contribution in [0.2, 0.25) is 10.0 Å². The molecule has 0 aromatic heterocycles. The highest BCUT2D eigenvalue weighted by atomic mass is 35.5. The van der Waals surface area contributed by atoms with Crippen molar-refractivity contribution in [3.8, 4) is 0 Å².